The zero-order valence-electron chi connectivity index (χ0n) is 18.8. The number of hydrogen-bond acceptors (Lipinski definition) is 6. The summed E-state index contributed by atoms with van der Waals surface area (Å²) in [5.74, 6) is 0.670. The molecule has 1 aromatic rings. The van der Waals surface area contributed by atoms with Crippen molar-refractivity contribution in [1.82, 2.24) is 14.9 Å². The largest absolute Gasteiger partial charge is 0.379 e. The summed E-state index contributed by atoms with van der Waals surface area (Å²) in [4.78, 5) is 27.3. The molecule has 1 N–H and O–H groups in total. The molecule has 0 aliphatic carbocycles. The molecule has 2 heterocycles. The van der Waals surface area contributed by atoms with Crippen molar-refractivity contribution in [3.63, 3.8) is 0 Å². The minimum absolute atomic E-state index is 0.0954. The number of nitrogens with one attached hydrogen (secondary N) is 1. The topological polar surface area (TPSA) is 64.7 Å². The molecule has 0 aromatic carbocycles. The minimum atomic E-state index is -0.0954. The summed E-state index contributed by atoms with van der Waals surface area (Å²) >= 11 is 0. The van der Waals surface area contributed by atoms with Crippen LogP contribution in [0.2, 0.25) is 0 Å². The third-order valence-electron chi connectivity index (χ3n) is 5.30. The maximum Gasteiger partial charge on any atom is 0.276 e. The van der Waals surface area contributed by atoms with Crippen molar-refractivity contribution in [3.8, 4) is 0 Å². The normalized spacial score (nSPS) is 14.8. The van der Waals surface area contributed by atoms with Gasteiger partial charge in [0.15, 0.2) is 0 Å². The molecule has 1 saturated heterocycles. The zero-order chi connectivity index (χ0) is 21.2. The lowest BCUT2D eigenvalue weighted by Crippen LogP contribution is -2.39. The number of aromatic amines is 1. The van der Waals surface area contributed by atoms with Crippen LogP contribution >= 0.6 is 0 Å². The second-order valence-electron chi connectivity index (χ2n) is 7.98. The molecule has 1 aliphatic heterocycles. The Hall–Kier alpha value is -1.86. The van der Waals surface area contributed by atoms with Gasteiger partial charge >= 0.3 is 0 Å². The van der Waals surface area contributed by atoms with Crippen LogP contribution in [0, 0.1) is 0 Å². The lowest BCUT2D eigenvalue weighted by Gasteiger charge is -2.29. The Balaban J connectivity index is 2.21. The molecule has 164 valence electrons. The number of allylic oxidation sites excluding steroid dienone is 1. The number of aromatic nitrogens is 2. The van der Waals surface area contributed by atoms with Gasteiger partial charge in [0.25, 0.3) is 5.56 Å². The highest BCUT2D eigenvalue weighted by Gasteiger charge is 2.19. The van der Waals surface area contributed by atoms with E-state index in [1.807, 2.05) is 19.0 Å². The van der Waals surface area contributed by atoms with Gasteiger partial charge in [0.05, 0.1) is 18.9 Å². The van der Waals surface area contributed by atoms with Crippen molar-refractivity contribution in [2.45, 2.75) is 46.0 Å². The van der Waals surface area contributed by atoms with Crippen LogP contribution in [0.3, 0.4) is 0 Å². The van der Waals surface area contributed by atoms with E-state index in [1.165, 1.54) is 0 Å². The number of nitrogens with zero attached hydrogens (tertiary/aromatic N) is 4. The molecule has 0 bridgehead atoms. The van der Waals surface area contributed by atoms with Gasteiger partial charge in [-0.1, -0.05) is 33.3 Å². The first-order valence-corrected chi connectivity index (χ1v) is 11.0. The fourth-order valence-electron chi connectivity index (χ4n) is 3.67. The van der Waals surface area contributed by atoms with Gasteiger partial charge < -0.3 is 14.5 Å². The van der Waals surface area contributed by atoms with Crippen molar-refractivity contribution < 1.29 is 4.74 Å². The third kappa shape index (κ3) is 6.85. The van der Waals surface area contributed by atoms with E-state index in [2.05, 4.69) is 35.2 Å². The van der Waals surface area contributed by atoms with Gasteiger partial charge in [-0.25, -0.2) is 4.98 Å². The first-order chi connectivity index (χ1) is 14.0. The summed E-state index contributed by atoms with van der Waals surface area (Å²) in [7, 11) is 3.76. The number of unbranched alkanes of at least 4 members (excludes halogenated alkanes) is 1. The molecule has 0 spiro atoms. The second kappa shape index (κ2) is 12.0. The smallest absolute Gasteiger partial charge is 0.276 e. The van der Waals surface area contributed by atoms with Crippen molar-refractivity contribution in [2.24, 2.45) is 0 Å². The number of ether oxygens (including phenoxy) is 1. The first kappa shape index (κ1) is 23.4. The summed E-state index contributed by atoms with van der Waals surface area (Å²) in [6, 6.07) is 0. The van der Waals surface area contributed by atoms with E-state index in [1.54, 1.807) is 0 Å². The van der Waals surface area contributed by atoms with Gasteiger partial charge in [0, 0.05) is 46.8 Å². The van der Waals surface area contributed by atoms with Crippen molar-refractivity contribution in [1.29, 1.82) is 0 Å². The van der Waals surface area contributed by atoms with Crippen LogP contribution in [0.25, 0.3) is 5.57 Å². The fraction of sp³-hybridized carbons (Fsp3) is 0.727. The van der Waals surface area contributed by atoms with Gasteiger partial charge in [0.2, 0.25) is 5.95 Å². The highest BCUT2D eigenvalue weighted by molar-refractivity contribution is 5.72. The van der Waals surface area contributed by atoms with Crippen LogP contribution in [-0.4, -0.2) is 74.9 Å². The van der Waals surface area contributed by atoms with Crippen LogP contribution in [-0.2, 0) is 4.74 Å². The number of anilines is 2. The predicted molar refractivity (Wildman–Crippen MR) is 122 cm³/mol. The quantitative estimate of drug-likeness (QED) is 0.577. The number of rotatable bonds is 12. The predicted octanol–water partition coefficient (Wildman–Crippen LogP) is 2.98. The molecule has 1 fully saturated rings. The van der Waals surface area contributed by atoms with Gasteiger partial charge in [-0.15, -0.1) is 0 Å². The number of morpholine rings is 1. The van der Waals surface area contributed by atoms with E-state index in [-0.39, 0.29) is 5.56 Å². The van der Waals surface area contributed by atoms with Crippen molar-refractivity contribution >= 4 is 17.2 Å². The van der Waals surface area contributed by atoms with Crippen LogP contribution < -0.4 is 15.4 Å². The molecular weight excluding hydrogens is 366 g/mol. The molecule has 0 unspecified atom stereocenters. The van der Waals surface area contributed by atoms with E-state index >= 15 is 0 Å². The molecule has 29 heavy (non-hydrogen) atoms. The molecule has 7 nitrogen and oxygen atoms in total. The Kier molecular flexibility index (Phi) is 9.67. The van der Waals surface area contributed by atoms with E-state index < -0.39 is 0 Å². The Bertz CT molecular complexity index is 695. The highest BCUT2D eigenvalue weighted by Crippen LogP contribution is 2.25. The van der Waals surface area contributed by atoms with Crippen LogP contribution in [0.5, 0.6) is 0 Å². The van der Waals surface area contributed by atoms with Crippen LogP contribution in [0.1, 0.15) is 51.6 Å². The molecule has 0 radical (unpaired) electrons. The Morgan fingerprint density at radius 2 is 1.86 bits per heavy atom. The highest BCUT2D eigenvalue weighted by atomic mass is 16.5. The van der Waals surface area contributed by atoms with Gasteiger partial charge in [-0.05, 0) is 24.8 Å². The monoisotopic (exact) mass is 405 g/mol. The van der Waals surface area contributed by atoms with Gasteiger partial charge in [-0.2, -0.15) is 0 Å². The van der Waals surface area contributed by atoms with E-state index in [4.69, 9.17) is 9.72 Å². The standard InChI is InChI=1S/C22H39N5O2/c1-6-8-12-27(13-9-11-26-14-16-29-17-15-26)22-23-19(18(3)10-7-2)20(25(4)5)21(28)24-22/h3,6-17H2,1-2,4-5H3,(H,23,24,28). The van der Waals surface area contributed by atoms with Crippen molar-refractivity contribution in [2.75, 3.05) is 69.8 Å². The molecule has 2 rings (SSSR count). The maximum atomic E-state index is 12.9. The summed E-state index contributed by atoms with van der Waals surface area (Å²) in [6.07, 6.45) is 5.03. The average molecular weight is 406 g/mol. The summed E-state index contributed by atoms with van der Waals surface area (Å²) in [6.45, 7) is 15.0. The minimum Gasteiger partial charge on any atom is -0.379 e. The zero-order valence-corrected chi connectivity index (χ0v) is 18.8. The molecule has 0 atom stereocenters. The number of H-pyrrole nitrogens is 1. The third-order valence-corrected chi connectivity index (χ3v) is 5.30. The Morgan fingerprint density at radius 3 is 2.48 bits per heavy atom. The van der Waals surface area contributed by atoms with Crippen LogP contribution in [0.4, 0.5) is 11.6 Å². The lowest BCUT2D eigenvalue weighted by atomic mass is 10.1. The molecule has 7 heteroatoms. The van der Waals surface area contributed by atoms with Crippen molar-refractivity contribution in [3.05, 3.63) is 22.6 Å². The fourth-order valence-corrected chi connectivity index (χ4v) is 3.67. The van der Waals surface area contributed by atoms with E-state index in [9.17, 15) is 4.79 Å². The van der Waals surface area contributed by atoms with E-state index in [0.717, 1.165) is 89.3 Å². The molecule has 0 amide bonds. The summed E-state index contributed by atoms with van der Waals surface area (Å²) in [5, 5.41) is 0. The summed E-state index contributed by atoms with van der Waals surface area (Å²) < 4.78 is 5.43. The summed E-state index contributed by atoms with van der Waals surface area (Å²) in [5.41, 5.74) is 2.15. The van der Waals surface area contributed by atoms with Gasteiger partial charge in [-0.3, -0.25) is 14.7 Å². The molecular formula is C22H39N5O2. The van der Waals surface area contributed by atoms with Crippen LogP contribution in [0.15, 0.2) is 11.4 Å². The first-order valence-electron chi connectivity index (χ1n) is 11.0. The SMILES string of the molecule is C=C(CCC)c1nc(N(CCCC)CCCN2CCOCC2)[nH]c(=O)c1N(C)C. The molecule has 0 saturated carbocycles. The Labute approximate surface area is 175 Å². The Morgan fingerprint density at radius 1 is 1.17 bits per heavy atom. The maximum absolute atomic E-state index is 12.9. The second-order valence-corrected chi connectivity index (χ2v) is 7.98. The van der Waals surface area contributed by atoms with Gasteiger partial charge in [0.1, 0.15) is 5.69 Å². The average Bonchev–Trinajstić information content (AvgIpc) is 2.70. The van der Waals surface area contributed by atoms with E-state index in [0.29, 0.717) is 11.6 Å². The number of hydrogen-bond donors (Lipinski definition) is 1. The molecule has 1 aromatic heterocycles. The lowest BCUT2D eigenvalue weighted by molar-refractivity contribution is 0.0376. The molecule has 1 aliphatic rings.